The first-order valence-electron chi connectivity index (χ1n) is 8.69. The minimum Gasteiger partial charge on any atom is -0.466 e. The average Bonchev–Trinajstić information content (AvgIpc) is 2.74. The number of esters is 1. The molecule has 0 aromatic heterocycles. The summed E-state index contributed by atoms with van der Waals surface area (Å²) < 4.78 is 23.8. The third kappa shape index (κ3) is 4.76. The minimum absolute atomic E-state index is 0.239. The zero-order chi connectivity index (χ0) is 19.9. The van der Waals surface area contributed by atoms with Crippen LogP contribution in [-0.4, -0.2) is 13.1 Å². The summed E-state index contributed by atoms with van der Waals surface area (Å²) in [6.07, 6.45) is 0. The second-order valence-electron chi connectivity index (χ2n) is 6.09. The maximum atomic E-state index is 13.2. The molecule has 0 saturated heterocycles. The van der Waals surface area contributed by atoms with Crippen molar-refractivity contribution in [3.05, 3.63) is 102 Å². The Morgan fingerprint density at radius 2 is 1.54 bits per heavy atom. The molecule has 0 fully saturated rings. The summed E-state index contributed by atoms with van der Waals surface area (Å²) >= 11 is 0. The number of halogens is 1. The number of hydrogen-bond acceptors (Lipinski definition) is 4. The number of para-hydroxylation sites is 1. The fourth-order valence-corrected chi connectivity index (χ4v) is 2.69. The molecule has 0 bridgehead atoms. The third-order valence-electron chi connectivity index (χ3n) is 4.14. The van der Waals surface area contributed by atoms with Gasteiger partial charge in [0, 0.05) is 5.69 Å². The van der Waals surface area contributed by atoms with Gasteiger partial charge in [-0.05, 0) is 54.1 Å². The van der Waals surface area contributed by atoms with Crippen molar-refractivity contribution < 1.29 is 18.7 Å². The molecule has 0 unspecified atom stereocenters. The van der Waals surface area contributed by atoms with Crippen LogP contribution in [0.2, 0.25) is 0 Å². The van der Waals surface area contributed by atoms with Crippen molar-refractivity contribution in [3.63, 3.8) is 0 Å². The summed E-state index contributed by atoms with van der Waals surface area (Å²) in [5, 5.41) is 3.20. The molecule has 4 nitrogen and oxygen atoms in total. The van der Waals surface area contributed by atoms with Crippen LogP contribution >= 0.6 is 0 Å². The number of methoxy groups -OCH3 is 1. The van der Waals surface area contributed by atoms with Crippen LogP contribution in [0.4, 0.5) is 10.1 Å². The number of carbonyl (C=O) groups excluding carboxylic acids is 1. The lowest BCUT2D eigenvalue weighted by Crippen LogP contribution is -2.19. The molecule has 0 radical (unpaired) electrons. The number of ether oxygens (including phenoxy) is 2. The van der Waals surface area contributed by atoms with E-state index in [1.54, 1.807) is 12.1 Å². The normalized spacial score (nSPS) is 11.4. The second kappa shape index (κ2) is 8.86. The van der Waals surface area contributed by atoms with Crippen molar-refractivity contribution in [2.45, 2.75) is 6.04 Å². The summed E-state index contributed by atoms with van der Waals surface area (Å²) in [6.45, 7) is 3.86. The quantitative estimate of drug-likeness (QED) is 0.436. The number of rotatable bonds is 7. The smallest absolute Gasteiger partial charge is 0.335 e. The van der Waals surface area contributed by atoms with E-state index in [9.17, 15) is 9.18 Å². The van der Waals surface area contributed by atoms with Gasteiger partial charge in [-0.2, -0.15) is 0 Å². The topological polar surface area (TPSA) is 47.6 Å². The lowest BCUT2D eigenvalue weighted by atomic mass is 9.99. The highest BCUT2D eigenvalue weighted by Crippen LogP contribution is 2.29. The molecule has 0 spiro atoms. The molecule has 142 valence electrons. The highest BCUT2D eigenvalue weighted by Gasteiger charge is 2.22. The average molecular weight is 377 g/mol. The molecule has 1 N–H and O–H groups in total. The van der Waals surface area contributed by atoms with Crippen LogP contribution in [-0.2, 0) is 9.53 Å². The molecule has 0 heterocycles. The Kier molecular flexibility index (Phi) is 6.07. The standard InChI is InChI=1S/C23H20FNO3/c1-16(23(26)27-2)22(25-19-12-10-18(24)11-13-19)17-8-14-21(15-9-17)28-20-6-4-3-5-7-20/h3-15,22,25H,1H2,2H3/t22-/m0/s1. The lowest BCUT2D eigenvalue weighted by Gasteiger charge is -2.22. The molecule has 0 aliphatic rings. The molecule has 0 saturated carbocycles. The Bertz CT molecular complexity index is 938. The highest BCUT2D eigenvalue weighted by atomic mass is 19.1. The van der Waals surface area contributed by atoms with Crippen molar-refractivity contribution in [2.24, 2.45) is 0 Å². The predicted octanol–water partition coefficient (Wildman–Crippen LogP) is 5.50. The first kappa shape index (κ1) is 19.2. The molecule has 28 heavy (non-hydrogen) atoms. The summed E-state index contributed by atoms with van der Waals surface area (Å²) in [5.41, 5.74) is 1.68. The Balaban J connectivity index is 1.83. The summed E-state index contributed by atoms with van der Waals surface area (Å²) in [4.78, 5) is 12.0. The maximum Gasteiger partial charge on any atom is 0.335 e. The molecular weight excluding hydrogens is 357 g/mol. The fourth-order valence-electron chi connectivity index (χ4n) is 2.69. The zero-order valence-electron chi connectivity index (χ0n) is 15.4. The number of nitrogens with one attached hydrogen (secondary N) is 1. The molecule has 5 heteroatoms. The molecular formula is C23H20FNO3. The molecule has 3 rings (SSSR count). The van der Waals surface area contributed by atoms with Gasteiger partial charge < -0.3 is 14.8 Å². The molecule has 1 atom stereocenters. The summed E-state index contributed by atoms with van der Waals surface area (Å²) in [7, 11) is 1.30. The van der Waals surface area contributed by atoms with Crippen LogP contribution in [0, 0.1) is 5.82 Å². The van der Waals surface area contributed by atoms with E-state index >= 15 is 0 Å². The van der Waals surface area contributed by atoms with Gasteiger partial charge >= 0.3 is 5.97 Å². The van der Waals surface area contributed by atoms with E-state index in [1.165, 1.54) is 19.2 Å². The van der Waals surface area contributed by atoms with Crippen LogP contribution in [0.15, 0.2) is 91.0 Å². The number of carbonyl (C=O) groups is 1. The minimum atomic E-state index is -0.538. The molecule has 3 aromatic rings. The van der Waals surface area contributed by atoms with E-state index in [0.717, 1.165) is 11.3 Å². The SMILES string of the molecule is C=C(C(=O)OC)[C@H](Nc1ccc(F)cc1)c1ccc(Oc2ccccc2)cc1. The third-order valence-corrected chi connectivity index (χ3v) is 4.14. The van der Waals surface area contributed by atoms with Crippen LogP contribution < -0.4 is 10.1 Å². The van der Waals surface area contributed by atoms with Crippen LogP contribution in [0.5, 0.6) is 11.5 Å². The molecule has 3 aromatic carbocycles. The van der Waals surface area contributed by atoms with Crippen molar-refractivity contribution >= 4 is 11.7 Å². The van der Waals surface area contributed by atoms with Gasteiger partial charge in [-0.25, -0.2) is 9.18 Å². The molecule has 0 amide bonds. The zero-order valence-corrected chi connectivity index (χ0v) is 15.4. The van der Waals surface area contributed by atoms with Gasteiger partial charge in [0.2, 0.25) is 0 Å². The van der Waals surface area contributed by atoms with E-state index < -0.39 is 12.0 Å². The number of anilines is 1. The number of benzene rings is 3. The van der Waals surface area contributed by atoms with E-state index in [2.05, 4.69) is 11.9 Å². The van der Waals surface area contributed by atoms with Crippen LogP contribution in [0.3, 0.4) is 0 Å². The van der Waals surface area contributed by atoms with Gasteiger partial charge in [-0.3, -0.25) is 0 Å². The van der Waals surface area contributed by atoms with Crippen LogP contribution in [0.25, 0.3) is 0 Å². The lowest BCUT2D eigenvalue weighted by molar-refractivity contribution is -0.136. The Morgan fingerprint density at radius 1 is 0.929 bits per heavy atom. The van der Waals surface area contributed by atoms with Gasteiger partial charge in [0.15, 0.2) is 0 Å². The Morgan fingerprint density at radius 3 is 2.14 bits per heavy atom. The van der Waals surface area contributed by atoms with Crippen molar-refractivity contribution in [1.29, 1.82) is 0 Å². The van der Waals surface area contributed by atoms with Crippen LogP contribution in [0.1, 0.15) is 11.6 Å². The molecule has 0 aliphatic heterocycles. The predicted molar refractivity (Wildman–Crippen MR) is 107 cm³/mol. The van der Waals surface area contributed by atoms with Gasteiger partial charge in [0.25, 0.3) is 0 Å². The molecule has 0 aliphatic carbocycles. The monoisotopic (exact) mass is 377 g/mol. The summed E-state index contributed by atoms with van der Waals surface area (Å²) in [5.74, 6) is 0.537. The highest BCUT2D eigenvalue weighted by molar-refractivity contribution is 5.90. The Hall–Kier alpha value is -3.60. The summed E-state index contributed by atoms with van der Waals surface area (Å²) in [6, 6.07) is 22.1. The van der Waals surface area contributed by atoms with Gasteiger partial charge in [-0.15, -0.1) is 0 Å². The van der Waals surface area contributed by atoms with Gasteiger partial charge in [-0.1, -0.05) is 36.9 Å². The second-order valence-corrected chi connectivity index (χ2v) is 6.09. The van der Waals surface area contributed by atoms with Gasteiger partial charge in [0.05, 0.1) is 18.7 Å². The van der Waals surface area contributed by atoms with Crippen molar-refractivity contribution in [2.75, 3.05) is 12.4 Å². The Labute approximate surface area is 163 Å². The van der Waals surface area contributed by atoms with E-state index in [4.69, 9.17) is 9.47 Å². The first-order valence-corrected chi connectivity index (χ1v) is 8.69. The number of hydrogen-bond donors (Lipinski definition) is 1. The van der Waals surface area contributed by atoms with Gasteiger partial charge in [0.1, 0.15) is 17.3 Å². The van der Waals surface area contributed by atoms with E-state index in [1.807, 2.05) is 54.6 Å². The van der Waals surface area contributed by atoms with E-state index in [0.29, 0.717) is 11.4 Å². The van der Waals surface area contributed by atoms with Crippen molar-refractivity contribution in [1.82, 2.24) is 0 Å². The maximum absolute atomic E-state index is 13.2. The fraction of sp³-hybridized carbons (Fsp3) is 0.0870. The largest absolute Gasteiger partial charge is 0.466 e. The first-order chi connectivity index (χ1) is 13.6. The van der Waals surface area contributed by atoms with Crippen molar-refractivity contribution in [3.8, 4) is 11.5 Å². The van der Waals surface area contributed by atoms with E-state index in [-0.39, 0.29) is 11.4 Å².